The van der Waals surface area contributed by atoms with Crippen LogP contribution in [-0.2, 0) is 0 Å². The molecule has 0 atom stereocenters. The van der Waals surface area contributed by atoms with Gasteiger partial charge in [0.15, 0.2) is 11.3 Å². The molecular formula is C15H11ClN2O3. The fourth-order valence-electron chi connectivity index (χ4n) is 2.38. The second kappa shape index (κ2) is 4.63. The molecular weight excluding hydrogens is 292 g/mol. The number of nitrogens with zero attached hydrogens (tertiary/aromatic N) is 1. The summed E-state index contributed by atoms with van der Waals surface area (Å²) in [4.78, 5) is 11.9. The van der Waals surface area contributed by atoms with E-state index < -0.39 is 0 Å². The summed E-state index contributed by atoms with van der Waals surface area (Å²) in [6.45, 7) is 0. The third-order valence-electron chi connectivity index (χ3n) is 3.56. The summed E-state index contributed by atoms with van der Waals surface area (Å²) in [5.74, 6) is 0.992. The Morgan fingerprint density at radius 3 is 2.95 bits per heavy atom. The van der Waals surface area contributed by atoms with Crippen LogP contribution in [0.5, 0.6) is 11.6 Å². The smallest absolute Gasteiger partial charge is 0.285 e. The third-order valence-corrected chi connectivity index (χ3v) is 3.75. The van der Waals surface area contributed by atoms with Crippen LogP contribution < -0.4 is 10.2 Å². The second-order valence-electron chi connectivity index (χ2n) is 5.08. The Morgan fingerprint density at radius 1 is 1.33 bits per heavy atom. The number of halogens is 1. The minimum absolute atomic E-state index is 0.0369. The highest BCUT2D eigenvalue weighted by Gasteiger charge is 2.29. The van der Waals surface area contributed by atoms with Crippen molar-refractivity contribution < 1.29 is 9.15 Å². The second-order valence-corrected chi connectivity index (χ2v) is 5.49. The Morgan fingerprint density at radius 2 is 2.19 bits per heavy atom. The summed E-state index contributed by atoms with van der Waals surface area (Å²) in [6, 6.07) is 7.12. The molecule has 1 aliphatic carbocycles. The van der Waals surface area contributed by atoms with Gasteiger partial charge in [0.1, 0.15) is 5.15 Å². The molecule has 3 aromatic rings. The van der Waals surface area contributed by atoms with Crippen LogP contribution in [0.25, 0.3) is 11.0 Å². The van der Waals surface area contributed by atoms with E-state index in [0.717, 1.165) is 23.8 Å². The number of furan rings is 1. The highest BCUT2D eigenvalue weighted by Crippen LogP contribution is 2.47. The molecule has 1 aliphatic rings. The van der Waals surface area contributed by atoms with Gasteiger partial charge in [-0.25, -0.2) is 0 Å². The van der Waals surface area contributed by atoms with Crippen LogP contribution >= 0.6 is 11.6 Å². The van der Waals surface area contributed by atoms with Crippen molar-refractivity contribution in [3.63, 3.8) is 0 Å². The molecule has 1 N–H and O–H groups in total. The van der Waals surface area contributed by atoms with Gasteiger partial charge in [-0.3, -0.25) is 9.89 Å². The topological polar surface area (TPSA) is 68.1 Å². The molecule has 21 heavy (non-hydrogen) atoms. The molecule has 0 amide bonds. The first kappa shape index (κ1) is 12.5. The molecule has 2 heterocycles. The molecule has 5 nitrogen and oxygen atoms in total. The zero-order valence-electron chi connectivity index (χ0n) is 10.9. The fraction of sp³-hybridized carbons (Fsp3) is 0.200. The molecule has 1 aromatic carbocycles. The van der Waals surface area contributed by atoms with E-state index in [1.807, 2.05) is 18.2 Å². The van der Waals surface area contributed by atoms with Gasteiger partial charge in [-0.15, -0.1) is 5.10 Å². The van der Waals surface area contributed by atoms with Crippen molar-refractivity contribution in [3.8, 4) is 11.6 Å². The number of ether oxygens (including phenoxy) is 1. The van der Waals surface area contributed by atoms with Crippen LogP contribution in [0.1, 0.15) is 24.3 Å². The number of benzene rings is 1. The van der Waals surface area contributed by atoms with Crippen molar-refractivity contribution in [1.82, 2.24) is 10.2 Å². The fourth-order valence-corrected chi connectivity index (χ4v) is 2.52. The molecule has 0 radical (unpaired) electrons. The van der Waals surface area contributed by atoms with Crippen molar-refractivity contribution in [1.29, 1.82) is 0 Å². The largest absolute Gasteiger partial charge is 0.460 e. The van der Waals surface area contributed by atoms with E-state index in [9.17, 15) is 4.79 Å². The summed E-state index contributed by atoms with van der Waals surface area (Å²) in [6.07, 6.45) is 3.84. The number of rotatable bonds is 3. The normalized spacial score (nSPS) is 14.5. The SMILES string of the molecule is O=c1cc(Cl)[nH]nc1Oc1c(C2CC2)ccc2ccoc12. The Kier molecular flexibility index (Phi) is 2.75. The lowest BCUT2D eigenvalue weighted by Crippen LogP contribution is -2.08. The molecule has 0 bridgehead atoms. The summed E-state index contributed by atoms with van der Waals surface area (Å²) in [5.41, 5.74) is 1.31. The van der Waals surface area contributed by atoms with Gasteiger partial charge in [0.05, 0.1) is 6.26 Å². The molecule has 1 fully saturated rings. The average Bonchev–Trinajstić information content (AvgIpc) is 3.19. The van der Waals surface area contributed by atoms with E-state index in [1.165, 1.54) is 6.07 Å². The van der Waals surface area contributed by atoms with Gasteiger partial charge in [0.2, 0.25) is 5.43 Å². The van der Waals surface area contributed by atoms with E-state index in [1.54, 1.807) is 6.26 Å². The summed E-state index contributed by atoms with van der Waals surface area (Å²) >= 11 is 5.70. The van der Waals surface area contributed by atoms with Crippen molar-refractivity contribution in [2.24, 2.45) is 0 Å². The molecule has 6 heteroatoms. The molecule has 2 aromatic heterocycles. The van der Waals surface area contributed by atoms with Crippen molar-refractivity contribution in [3.05, 3.63) is 51.5 Å². The first-order chi connectivity index (χ1) is 10.2. The Balaban J connectivity index is 1.86. The molecule has 0 saturated heterocycles. The van der Waals surface area contributed by atoms with Crippen molar-refractivity contribution in [2.45, 2.75) is 18.8 Å². The first-order valence-electron chi connectivity index (χ1n) is 6.65. The van der Waals surface area contributed by atoms with E-state index in [0.29, 0.717) is 17.3 Å². The zero-order valence-corrected chi connectivity index (χ0v) is 11.7. The quantitative estimate of drug-likeness (QED) is 0.798. The molecule has 0 unspecified atom stereocenters. The van der Waals surface area contributed by atoms with Gasteiger partial charge >= 0.3 is 0 Å². The Bertz CT molecular complexity index is 880. The third kappa shape index (κ3) is 2.19. The lowest BCUT2D eigenvalue weighted by Gasteiger charge is -2.09. The van der Waals surface area contributed by atoms with E-state index in [2.05, 4.69) is 10.2 Å². The van der Waals surface area contributed by atoms with Gasteiger partial charge in [-0.1, -0.05) is 23.7 Å². The minimum atomic E-state index is -0.371. The van der Waals surface area contributed by atoms with Crippen LogP contribution in [0.15, 0.2) is 39.7 Å². The van der Waals surface area contributed by atoms with E-state index in [-0.39, 0.29) is 16.5 Å². The average molecular weight is 303 g/mol. The maximum Gasteiger partial charge on any atom is 0.285 e. The lowest BCUT2D eigenvalue weighted by molar-refractivity contribution is 0.438. The number of H-pyrrole nitrogens is 1. The van der Waals surface area contributed by atoms with Gasteiger partial charge in [-0.05, 0) is 24.8 Å². The van der Waals surface area contributed by atoms with E-state index >= 15 is 0 Å². The highest BCUT2D eigenvalue weighted by atomic mass is 35.5. The molecule has 0 aliphatic heterocycles. The predicted molar refractivity (Wildman–Crippen MR) is 78.1 cm³/mol. The van der Waals surface area contributed by atoms with Gasteiger partial charge in [0.25, 0.3) is 5.88 Å². The van der Waals surface area contributed by atoms with Gasteiger partial charge in [-0.2, -0.15) is 0 Å². The number of nitrogens with one attached hydrogen (secondary N) is 1. The standard InChI is InChI=1S/C15H11ClN2O3/c16-12-7-11(19)15(18-17-12)21-14-10(8-1-2-8)4-3-9-5-6-20-13(9)14/h3-8H,1-2H2,(H,17,19). The Hall–Kier alpha value is -2.27. The van der Waals surface area contributed by atoms with Crippen molar-refractivity contribution >= 4 is 22.6 Å². The number of aromatic nitrogens is 2. The monoisotopic (exact) mass is 302 g/mol. The summed E-state index contributed by atoms with van der Waals surface area (Å²) in [7, 11) is 0. The zero-order chi connectivity index (χ0) is 14.4. The summed E-state index contributed by atoms with van der Waals surface area (Å²) in [5, 5.41) is 7.48. The molecule has 1 saturated carbocycles. The number of hydrogen-bond acceptors (Lipinski definition) is 4. The van der Waals surface area contributed by atoms with Gasteiger partial charge in [0, 0.05) is 17.0 Å². The predicted octanol–water partition coefficient (Wildman–Crippen LogP) is 3.84. The number of fused-ring (bicyclic) bond motifs is 1. The van der Waals surface area contributed by atoms with Crippen LogP contribution in [-0.4, -0.2) is 10.2 Å². The first-order valence-corrected chi connectivity index (χ1v) is 7.03. The molecule has 0 spiro atoms. The van der Waals surface area contributed by atoms with Crippen LogP contribution in [0.2, 0.25) is 5.15 Å². The number of aromatic amines is 1. The van der Waals surface area contributed by atoms with Gasteiger partial charge < -0.3 is 9.15 Å². The molecule has 106 valence electrons. The molecule has 4 rings (SSSR count). The number of hydrogen-bond donors (Lipinski definition) is 1. The van der Waals surface area contributed by atoms with E-state index in [4.69, 9.17) is 20.8 Å². The van der Waals surface area contributed by atoms with Crippen molar-refractivity contribution in [2.75, 3.05) is 0 Å². The Labute approximate surface area is 124 Å². The summed E-state index contributed by atoms with van der Waals surface area (Å²) < 4.78 is 11.3. The van der Waals surface area contributed by atoms with Crippen LogP contribution in [0.3, 0.4) is 0 Å². The lowest BCUT2D eigenvalue weighted by atomic mass is 10.1. The maximum absolute atomic E-state index is 11.9. The minimum Gasteiger partial charge on any atom is -0.460 e. The van der Waals surface area contributed by atoms with Crippen LogP contribution in [0, 0.1) is 0 Å². The maximum atomic E-state index is 11.9. The van der Waals surface area contributed by atoms with Crippen LogP contribution in [0.4, 0.5) is 0 Å². The highest BCUT2D eigenvalue weighted by molar-refractivity contribution is 6.29.